The first-order valence-electron chi connectivity index (χ1n) is 5.92. The monoisotopic (exact) mass is 246 g/mol. The molecule has 0 atom stereocenters. The molecular formula is C14H18N2S. The highest BCUT2D eigenvalue weighted by atomic mass is 32.1. The Morgan fingerprint density at radius 3 is 2.53 bits per heavy atom. The molecule has 0 radical (unpaired) electrons. The van der Waals surface area contributed by atoms with E-state index in [0.29, 0.717) is 5.92 Å². The molecule has 0 aliphatic carbocycles. The van der Waals surface area contributed by atoms with Crippen molar-refractivity contribution in [3.05, 3.63) is 40.2 Å². The van der Waals surface area contributed by atoms with E-state index in [1.54, 1.807) is 0 Å². The first-order chi connectivity index (χ1) is 8.22. The van der Waals surface area contributed by atoms with Crippen LogP contribution in [0.2, 0.25) is 0 Å². The smallest absolute Gasteiger partial charge is 0.0961 e. The van der Waals surface area contributed by atoms with Crippen molar-refractivity contribution in [2.24, 2.45) is 0 Å². The van der Waals surface area contributed by atoms with Crippen LogP contribution in [0.3, 0.4) is 0 Å². The molecule has 0 saturated heterocycles. The zero-order chi connectivity index (χ0) is 12.3. The summed E-state index contributed by atoms with van der Waals surface area (Å²) in [6.07, 6.45) is 0. The molecule has 0 saturated carbocycles. The third-order valence-corrected chi connectivity index (χ3v) is 3.95. The van der Waals surface area contributed by atoms with Gasteiger partial charge in [0.1, 0.15) is 0 Å². The van der Waals surface area contributed by atoms with Crippen LogP contribution in [0.4, 0.5) is 0 Å². The summed E-state index contributed by atoms with van der Waals surface area (Å²) in [6, 6.07) is 10.4. The lowest BCUT2D eigenvalue weighted by Crippen LogP contribution is -2.04. The Labute approximate surface area is 107 Å². The average Bonchev–Trinajstić information content (AvgIpc) is 2.75. The Morgan fingerprint density at radius 1 is 1.24 bits per heavy atom. The lowest BCUT2D eigenvalue weighted by Gasteiger charge is -2.00. The van der Waals surface area contributed by atoms with Gasteiger partial charge in [0.15, 0.2) is 0 Å². The molecule has 0 spiro atoms. The Bertz CT molecular complexity index is 474. The van der Waals surface area contributed by atoms with Crippen molar-refractivity contribution in [2.45, 2.75) is 26.3 Å². The first-order valence-corrected chi connectivity index (χ1v) is 6.73. The van der Waals surface area contributed by atoms with Crippen molar-refractivity contribution >= 4 is 11.3 Å². The Morgan fingerprint density at radius 2 is 1.94 bits per heavy atom. The zero-order valence-corrected chi connectivity index (χ0v) is 11.3. The minimum absolute atomic E-state index is 0.494. The van der Waals surface area contributed by atoms with E-state index in [1.807, 2.05) is 24.5 Å². The van der Waals surface area contributed by atoms with Crippen LogP contribution >= 0.6 is 11.3 Å². The van der Waals surface area contributed by atoms with Crippen molar-refractivity contribution in [1.29, 1.82) is 0 Å². The summed E-state index contributed by atoms with van der Waals surface area (Å²) in [7, 11) is 1.98. The molecule has 2 rings (SSSR count). The van der Waals surface area contributed by atoms with Crippen LogP contribution in [0.15, 0.2) is 30.3 Å². The van der Waals surface area contributed by atoms with Crippen LogP contribution in [0.1, 0.15) is 29.7 Å². The molecule has 2 nitrogen and oxygen atoms in total. The van der Waals surface area contributed by atoms with Gasteiger partial charge in [-0.2, -0.15) is 0 Å². The van der Waals surface area contributed by atoms with Crippen LogP contribution in [0.5, 0.6) is 0 Å². The second kappa shape index (κ2) is 5.43. The van der Waals surface area contributed by atoms with Crippen molar-refractivity contribution in [1.82, 2.24) is 10.3 Å². The molecule has 0 aliphatic rings. The summed E-state index contributed by atoms with van der Waals surface area (Å²) in [5.74, 6) is 0.494. The van der Waals surface area contributed by atoms with E-state index in [0.717, 1.165) is 12.2 Å². The molecule has 2 aromatic rings. The fourth-order valence-electron chi connectivity index (χ4n) is 1.72. The van der Waals surface area contributed by atoms with E-state index < -0.39 is 0 Å². The van der Waals surface area contributed by atoms with Gasteiger partial charge in [0.2, 0.25) is 0 Å². The average molecular weight is 246 g/mol. The van der Waals surface area contributed by atoms with Crippen molar-refractivity contribution in [3.8, 4) is 11.3 Å². The van der Waals surface area contributed by atoms with Gasteiger partial charge in [0.25, 0.3) is 0 Å². The zero-order valence-electron chi connectivity index (χ0n) is 10.5. The minimum Gasteiger partial charge on any atom is -0.315 e. The van der Waals surface area contributed by atoms with E-state index >= 15 is 0 Å². The highest BCUT2D eigenvalue weighted by Gasteiger charge is 2.13. The number of rotatable bonds is 4. The molecule has 0 aliphatic heterocycles. The van der Waals surface area contributed by atoms with Crippen LogP contribution in [0.25, 0.3) is 11.3 Å². The van der Waals surface area contributed by atoms with Crippen LogP contribution < -0.4 is 5.32 Å². The molecular weight excluding hydrogens is 228 g/mol. The number of aromatic nitrogens is 1. The number of nitrogens with zero attached hydrogens (tertiary/aromatic N) is 1. The van der Waals surface area contributed by atoms with E-state index in [9.17, 15) is 0 Å². The highest BCUT2D eigenvalue weighted by molar-refractivity contribution is 7.12. The third-order valence-electron chi connectivity index (χ3n) is 2.59. The predicted molar refractivity (Wildman–Crippen MR) is 74.4 cm³/mol. The maximum Gasteiger partial charge on any atom is 0.0961 e. The van der Waals surface area contributed by atoms with Crippen molar-refractivity contribution < 1.29 is 0 Å². The number of hydrogen-bond acceptors (Lipinski definition) is 3. The Balaban J connectivity index is 2.44. The summed E-state index contributed by atoms with van der Waals surface area (Å²) in [6.45, 7) is 5.27. The molecule has 1 aromatic carbocycles. The SMILES string of the molecule is CNCc1sc(C(C)C)nc1-c1ccccc1. The molecule has 90 valence electrons. The van der Waals surface area contributed by atoms with Crippen LogP contribution in [-0.4, -0.2) is 12.0 Å². The van der Waals surface area contributed by atoms with Crippen LogP contribution in [0, 0.1) is 0 Å². The lowest BCUT2D eigenvalue weighted by molar-refractivity contribution is 0.829. The topological polar surface area (TPSA) is 24.9 Å². The third kappa shape index (κ3) is 2.73. The van der Waals surface area contributed by atoms with Gasteiger partial charge < -0.3 is 5.32 Å². The van der Waals surface area contributed by atoms with Gasteiger partial charge in [0.05, 0.1) is 10.7 Å². The summed E-state index contributed by atoms with van der Waals surface area (Å²) in [4.78, 5) is 6.10. The number of hydrogen-bond donors (Lipinski definition) is 1. The van der Waals surface area contributed by atoms with Crippen molar-refractivity contribution in [2.75, 3.05) is 7.05 Å². The maximum atomic E-state index is 4.78. The standard InChI is InChI=1S/C14H18N2S/c1-10(2)14-16-13(12(17-14)9-15-3)11-7-5-4-6-8-11/h4-8,10,15H,9H2,1-3H3. The van der Waals surface area contributed by atoms with E-state index in [1.165, 1.54) is 15.4 Å². The van der Waals surface area contributed by atoms with Gasteiger partial charge in [0, 0.05) is 22.9 Å². The van der Waals surface area contributed by atoms with Gasteiger partial charge in [-0.1, -0.05) is 44.2 Å². The van der Waals surface area contributed by atoms with E-state index in [2.05, 4.69) is 43.4 Å². The lowest BCUT2D eigenvalue weighted by atomic mass is 10.1. The molecule has 0 unspecified atom stereocenters. The summed E-state index contributed by atoms with van der Waals surface area (Å²) in [5, 5.41) is 4.43. The van der Waals surface area contributed by atoms with Gasteiger partial charge in [-0.25, -0.2) is 4.98 Å². The van der Waals surface area contributed by atoms with E-state index in [4.69, 9.17) is 4.98 Å². The Hall–Kier alpha value is -1.19. The number of thiazole rings is 1. The number of benzene rings is 1. The second-order valence-electron chi connectivity index (χ2n) is 4.37. The quantitative estimate of drug-likeness (QED) is 0.890. The molecule has 1 N–H and O–H groups in total. The molecule has 17 heavy (non-hydrogen) atoms. The molecule has 0 fully saturated rings. The molecule has 1 aromatic heterocycles. The predicted octanol–water partition coefficient (Wildman–Crippen LogP) is 3.65. The summed E-state index contributed by atoms with van der Waals surface area (Å²) < 4.78 is 0. The highest BCUT2D eigenvalue weighted by Crippen LogP contribution is 2.31. The summed E-state index contributed by atoms with van der Waals surface area (Å²) >= 11 is 1.81. The molecule has 0 bridgehead atoms. The molecule has 3 heteroatoms. The molecule has 0 amide bonds. The van der Waals surface area contributed by atoms with Gasteiger partial charge in [-0.15, -0.1) is 11.3 Å². The maximum absolute atomic E-state index is 4.78. The fourth-order valence-corrected chi connectivity index (χ4v) is 2.82. The largest absolute Gasteiger partial charge is 0.315 e. The normalized spacial score (nSPS) is 11.1. The van der Waals surface area contributed by atoms with Gasteiger partial charge in [-0.3, -0.25) is 0 Å². The van der Waals surface area contributed by atoms with Crippen LogP contribution in [-0.2, 0) is 6.54 Å². The van der Waals surface area contributed by atoms with Crippen molar-refractivity contribution in [3.63, 3.8) is 0 Å². The Kier molecular flexibility index (Phi) is 3.92. The molecule has 1 heterocycles. The van der Waals surface area contributed by atoms with E-state index in [-0.39, 0.29) is 0 Å². The first kappa shape index (κ1) is 12.3. The van der Waals surface area contributed by atoms with Gasteiger partial charge in [-0.05, 0) is 7.05 Å². The fraction of sp³-hybridized carbons (Fsp3) is 0.357. The second-order valence-corrected chi connectivity index (χ2v) is 5.49. The van der Waals surface area contributed by atoms with Gasteiger partial charge >= 0.3 is 0 Å². The summed E-state index contributed by atoms with van der Waals surface area (Å²) in [5.41, 5.74) is 2.34. The number of nitrogens with one attached hydrogen (secondary N) is 1. The minimum atomic E-state index is 0.494.